The molecule has 1 fully saturated rings. The van der Waals surface area contributed by atoms with Crippen LogP contribution >= 0.6 is 43.6 Å². The quantitative estimate of drug-likeness (QED) is 0.360. The van der Waals surface area contributed by atoms with E-state index in [0.29, 0.717) is 6.54 Å². The molecule has 1 N–H and O–H groups in total. The van der Waals surface area contributed by atoms with Gasteiger partial charge >= 0.3 is 5.97 Å². The molecule has 0 aliphatic carbocycles. The number of benzene rings is 3. The van der Waals surface area contributed by atoms with Gasteiger partial charge in [0, 0.05) is 20.4 Å². The third kappa shape index (κ3) is 4.51. The molecule has 164 valence electrons. The van der Waals surface area contributed by atoms with Crippen LogP contribution in [0, 0.1) is 6.92 Å². The van der Waals surface area contributed by atoms with Gasteiger partial charge in [-0.2, -0.15) is 0 Å². The second-order valence-electron chi connectivity index (χ2n) is 7.87. The molecule has 32 heavy (non-hydrogen) atoms. The topological polar surface area (TPSA) is 57.6 Å². The lowest BCUT2D eigenvalue weighted by molar-refractivity contribution is -0.140. The van der Waals surface area contributed by atoms with Gasteiger partial charge in [-0.1, -0.05) is 54.1 Å². The summed E-state index contributed by atoms with van der Waals surface area (Å²) in [6.07, 6.45) is -0.0773. The molecule has 3 aromatic carbocycles. The maximum atomic E-state index is 13.3. The SMILES string of the molecule is Cc1ccc(S[C@]2(C(=O)O)CC(=O)N(Cc3ccccc3)[C@@H]2c2ccc(Br)c(Br)c2)cc1. The fourth-order valence-corrected chi connectivity index (χ4v) is 6.05. The van der Waals surface area contributed by atoms with Crippen LogP contribution in [0.1, 0.15) is 29.2 Å². The number of likely N-dealkylation sites (tertiary alicyclic amines) is 1. The molecule has 4 nitrogen and oxygen atoms in total. The van der Waals surface area contributed by atoms with Gasteiger partial charge in [0.15, 0.2) is 4.75 Å². The molecule has 2 atom stereocenters. The van der Waals surface area contributed by atoms with E-state index in [0.717, 1.165) is 30.5 Å². The minimum absolute atomic E-state index is 0.0773. The molecule has 0 unspecified atom stereocenters. The summed E-state index contributed by atoms with van der Waals surface area (Å²) >= 11 is 8.29. The molecule has 7 heteroatoms. The van der Waals surface area contributed by atoms with Crippen molar-refractivity contribution in [3.63, 3.8) is 0 Å². The van der Waals surface area contributed by atoms with Crippen LogP contribution < -0.4 is 0 Å². The molecular weight excluding hydrogens is 554 g/mol. The monoisotopic (exact) mass is 573 g/mol. The van der Waals surface area contributed by atoms with Crippen LogP contribution in [0.25, 0.3) is 0 Å². The predicted molar refractivity (Wildman–Crippen MR) is 134 cm³/mol. The Hall–Kier alpha value is -2.09. The number of rotatable bonds is 6. The third-order valence-corrected chi connectivity index (χ3v) is 8.92. The van der Waals surface area contributed by atoms with E-state index in [2.05, 4.69) is 31.9 Å². The van der Waals surface area contributed by atoms with Crippen molar-refractivity contribution in [2.24, 2.45) is 0 Å². The fourth-order valence-electron chi connectivity index (χ4n) is 4.05. The third-order valence-electron chi connectivity index (χ3n) is 5.63. The highest BCUT2D eigenvalue weighted by Gasteiger charge is 2.58. The van der Waals surface area contributed by atoms with Gasteiger partial charge in [0.2, 0.25) is 5.91 Å². The molecule has 0 radical (unpaired) electrons. The number of aryl methyl sites for hydroxylation is 1. The number of carboxylic acids is 1. The summed E-state index contributed by atoms with van der Waals surface area (Å²) in [5.74, 6) is -1.16. The number of thioether (sulfide) groups is 1. The fraction of sp³-hybridized carbons (Fsp3) is 0.200. The lowest BCUT2D eigenvalue weighted by Crippen LogP contribution is -2.41. The molecule has 1 aliphatic rings. The van der Waals surface area contributed by atoms with Gasteiger partial charge in [-0.25, -0.2) is 0 Å². The summed E-state index contributed by atoms with van der Waals surface area (Å²) in [5, 5.41) is 10.5. The number of halogens is 2. The van der Waals surface area contributed by atoms with Gasteiger partial charge in [-0.15, -0.1) is 11.8 Å². The van der Waals surface area contributed by atoms with E-state index in [4.69, 9.17) is 0 Å². The summed E-state index contributed by atoms with van der Waals surface area (Å²) in [5.41, 5.74) is 2.84. The van der Waals surface area contributed by atoms with Crippen LogP contribution in [0.3, 0.4) is 0 Å². The van der Waals surface area contributed by atoms with Gasteiger partial charge in [0.25, 0.3) is 0 Å². The molecule has 1 amide bonds. The van der Waals surface area contributed by atoms with Crippen molar-refractivity contribution in [3.8, 4) is 0 Å². The van der Waals surface area contributed by atoms with Crippen molar-refractivity contribution in [2.75, 3.05) is 0 Å². The number of aliphatic carboxylic acids is 1. The molecule has 3 aromatic rings. The smallest absolute Gasteiger partial charge is 0.323 e. The van der Waals surface area contributed by atoms with Gasteiger partial charge in [0.05, 0.1) is 12.5 Å². The Labute approximate surface area is 208 Å². The van der Waals surface area contributed by atoms with Crippen LogP contribution in [0.15, 0.2) is 86.6 Å². The first-order valence-electron chi connectivity index (χ1n) is 10.1. The minimum atomic E-state index is -1.35. The van der Waals surface area contributed by atoms with E-state index in [-0.39, 0.29) is 12.3 Å². The van der Waals surface area contributed by atoms with Crippen molar-refractivity contribution in [1.82, 2.24) is 4.90 Å². The maximum absolute atomic E-state index is 13.3. The highest BCUT2D eigenvalue weighted by molar-refractivity contribution is 9.13. The van der Waals surface area contributed by atoms with Crippen molar-refractivity contribution < 1.29 is 14.7 Å². The molecule has 0 saturated carbocycles. The molecule has 1 heterocycles. The molecule has 0 bridgehead atoms. The number of hydrogen-bond acceptors (Lipinski definition) is 3. The molecule has 0 spiro atoms. The molecule has 0 aromatic heterocycles. The molecular formula is C25H21Br2NO3S. The van der Waals surface area contributed by atoms with Gasteiger partial charge in [-0.3, -0.25) is 9.59 Å². The first-order chi connectivity index (χ1) is 15.3. The number of nitrogens with zero attached hydrogens (tertiary/aromatic N) is 1. The van der Waals surface area contributed by atoms with E-state index in [1.165, 1.54) is 11.8 Å². The van der Waals surface area contributed by atoms with E-state index < -0.39 is 16.8 Å². The highest BCUT2D eigenvalue weighted by Crippen LogP contribution is 2.53. The number of amides is 1. The summed E-state index contributed by atoms with van der Waals surface area (Å²) in [6.45, 7) is 2.34. The zero-order valence-corrected chi connectivity index (χ0v) is 21.3. The van der Waals surface area contributed by atoms with Gasteiger partial charge < -0.3 is 10.0 Å². The van der Waals surface area contributed by atoms with Crippen LogP contribution in [-0.4, -0.2) is 26.6 Å². The average molecular weight is 575 g/mol. The van der Waals surface area contributed by atoms with Gasteiger partial charge in [-0.05, 0) is 74.2 Å². The second kappa shape index (κ2) is 9.41. The Balaban J connectivity index is 1.83. The first-order valence-corrected chi connectivity index (χ1v) is 12.5. The zero-order chi connectivity index (χ0) is 22.9. The molecule has 1 saturated heterocycles. The van der Waals surface area contributed by atoms with Crippen molar-refractivity contribution >= 4 is 55.5 Å². The summed E-state index contributed by atoms with van der Waals surface area (Å²) in [6, 6.07) is 22.5. The van der Waals surface area contributed by atoms with Crippen molar-refractivity contribution in [3.05, 3.63) is 98.4 Å². The number of carbonyl (C=O) groups excluding carboxylic acids is 1. The summed E-state index contributed by atoms with van der Waals surface area (Å²) in [4.78, 5) is 28.7. The lowest BCUT2D eigenvalue weighted by atomic mass is 9.92. The zero-order valence-electron chi connectivity index (χ0n) is 17.3. The van der Waals surface area contributed by atoms with Crippen LogP contribution in [-0.2, 0) is 16.1 Å². The van der Waals surface area contributed by atoms with E-state index in [1.807, 2.05) is 79.7 Å². The average Bonchev–Trinajstić information content (AvgIpc) is 3.05. The molecule has 1 aliphatic heterocycles. The van der Waals surface area contributed by atoms with E-state index >= 15 is 0 Å². The second-order valence-corrected chi connectivity index (χ2v) is 11.0. The summed E-state index contributed by atoms with van der Waals surface area (Å²) in [7, 11) is 0. The molecule has 4 rings (SSSR count). The van der Waals surface area contributed by atoms with Gasteiger partial charge in [0.1, 0.15) is 0 Å². The van der Waals surface area contributed by atoms with Crippen molar-refractivity contribution in [2.45, 2.75) is 35.6 Å². The van der Waals surface area contributed by atoms with E-state index in [9.17, 15) is 14.7 Å². The van der Waals surface area contributed by atoms with Crippen LogP contribution in [0.4, 0.5) is 0 Å². The maximum Gasteiger partial charge on any atom is 0.323 e. The Morgan fingerprint density at radius 3 is 2.38 bits per heavy atom. The largest absolute Gasteiger partial charge is 0.480 e. The first kappa shape index (κ1) is 23.1. The number of hydrogen-bond donors (Lipinski definition) is 1. The van der Waals surface area contributed by atoms with Crippen molar-refractivity contribution in [1.29, 1.82) is 0 Å². The Bertz CT molecular complexity index is 1150. The lowest BCUT2D eigenvalue weighted by Gasteiger charge is -2.35. The van der Waals surface area contributed by atoms with Crippen LogP contribution in [0.5, 0.6) is 0 Å². The number of carbonyl (C=O) groups is 2. The Kier molecular flexibility index (Phi) is 6.79. The number of carboxylic acid groups (broad SMARTS) is 1. The minimum Gasteiger partial charge on any atom is -0.480 e. The summed E-state index contributed by atoms with van der Waals surface area (Å²) < 4.78 is 0.329. The van der Waals surface area contributed by atoms with E-state index in [1.54, 1.807) is 4.90 Å². The predicted octanol–water partition coefficient (Wildman–Crippen LogP) is 6.61. The highest BCUT2D eigenvalue weighted by atomic mass is 79.9. The normalized spacial score (nSPS) is 20.5. The Morgan fingerprint density at radius 1 is 1.06 bits per heavy atom. The van der Waals surface area contributed by atoms with Crippen LogP contribution in [0.2, 0.25) is 0 Å². The standard InChI is InChI=1S/C25H21Br2NO3S/c1-16-7-10-19(11-8-16)32-25(24(30)31)14-22(29)28(15-17-5-3-2-4-6-17)23(25)18-9-12-20(26)21(27)13-18/h2-13,23H,14-15H2,1H3,(H,30,31)/t23-,25-/m1/s1. The Morgan fingerprint density at radius 2 is 1.75 bits per heavy atom.